The Morgan fingerprint density at radius 1 is 0.962 bits per heavy atom. The fraction of sp³-hybridized carbons (Fsp3) is 0.350. The number of methoxy groups -OCH3 is 3. The number of halogens is 1. The van der Waals surface area contributed by atoms with Crippen LogP contribution in [0.3, 0.4) is 0 Å². The number of amides is 1. The van der Waals surface area contributed by atoms with E-state index in [4.69, 9.17) is 14.2 Å². The summed E-state index contributed by atoms with van der Waals surface area (Å²) >= 11 is 3.44. The maximum absolute atomic E-state index is 12.7. The first-order valence-electron chi connectivity index (χ1n) is 8.16. The van der Waals surface area contributed by atoms with E-state index in [-0.39, 0.29) is 11.3 Å². The van der Waals surface area contributed by atoms with Crippen LogP contribution in [0.1, 0.15) is 29.8 Å². The first-order valence-corrected chi connectivity index (χ1v) is 8.96. The van der Waals surface area contributed by atoms with Gasteiger partial charge in [0.2, 0.25) is 0 Å². The van der Waals surface area contributed by atoms with Gasteiger partial charge in [-0.1, -0.05) is 41.9 Å². The molecule has 1 amide bonds. The smallest absolute Gasteiger partial charge is 0.255 e. The van der Waals surface area contributed by atoms with Crippen LogP contribution in [0.2, 0.25) is 0 Å². The van der Waals surface area contributed by atoms with Crippen LogP contribution in [0, 0.1) is 0 Å². The molecule has 140 valence electrons. The standard InChI is InChI=1S/C20H24BrNO4/c1-20(2,13-6-8-14(21)9-7-13)12-22-19(23)15-10-17(25-4)18(26-5)11-16(15)24-3/h6-11H,12H2,1-5H3,(H,22,23). The Balaban J connectivity index is 2.20. The van der Waals surface area contributed by atoms with Gasteiger partial charge in [-0.2, -0.15) is 0 Å². The van der Waals surface area contributed by atoms with E-state index in [1.165, 1.54) is 21.3 Å². The third-order valence-electron chi connectivity index (χ3n) is 4.27. The van der Waals surface area contributed by atoms with Crippen molar-refractivity contribution in [3.63, 3.8) is 0 Å². The molecule has 0 aliphatic heterocycles. The monoisotopic (exact) mass is 421 g/mol. The molecular formula is C20H24BrNO4. The van der Waals surface area contributed by atoms with Crippen LogP contribution >= 0.6 is 15.9 Å². The molecule has 0 saturated carbocycles. The number of carbonyl (C=O) groups is 1. The average molecular weight is 422 g/mol. The molecule has 0 spiro atoms. The van der Waals surface area contributed by atoms with Crippen molar-refractivity contribution in [2.24, 2.45) is 0 Å². The highest BCUT2D eigenvalue weighted by molar-refractivity contribution is 9.10. The Bertz CT molecular complexity index is 772. The van der Waals surface area contributed by atoms with Crippen LogP contribution < -0.4 is 19.5 Å². The zero-order valence-corrected chi connectivity index (χ0v) is 17.3. The summed E-state index contributed by atoms with van der Waals surface area (Å²) in [4.78, 5) is 12.7. The molecule has 0 aliphatic rings. The van der Waals surface area contributed by atoms with Crippen molar-refractivity contribution < 1.29 is 19.0 Å². The van der Waals surface area contributed by atoms with Crippen molar-refractivity contribution in [2.75, 3.05) is 27.9 Å². The van der Waals surface area contributed by atoms with Crippen LogP contribution in [0.15, 0.2) is 40.9 Å². The van der Waals surface area contributed by atoms with Crippen LogP contribution in [0.25, 0.3) is 0 Å². The maximum atomic E-state index is 12.7. The molecule has 0 aromatic heterocycles. The Morgan fingerprint density at radius 3 is 2.04 bits per heavy atom. The topological polar surface area (TPSA) is 56.8 Å². The lowest BCUT2D eigenvalue weighted by Gasteiger charge is -2.26. The molecular weight excluding hydrogens is 398 g/mol. The molecule has 0 saturated heterocycles. The van der Waals surface area contributed by atoms with Crippen molar-refractivity contribution in [2.45, 2.75) is 19.3 Å². The highest BCUT2D eigenvalue weighted by atomic mass is 79.9. The number of nitrogens with one attached hydrogen (secondary N) is 1. The second-order valence-corrected chi connectivity index (χ2v) is 7.40. The minimum atomic E-state index is -0.229. The molecule has 26 heavy (non-hydrogen) atoms. The summed E-state index contributed by atoms with van der Waals surface area (Å²) < 4.78 is 16.9. The molecule has 6 heteroatoms. The molecule has 0 unspecified atom stereocenters. The fourth-order valence-corrected chi connectivity index (χ4v) is 2.87. The number of hydrogen-bond acceptors (Lipinski definition) is 4. The quantitative estimate of drug-likeness (QED) is 0.728. The van der Waals surface area contributed by atoms with Crippen LogP contribution in [-0.2, 0) is 5.41 Å². The molecule has 5 nitrogen and oxygen atoms in total. The van der Waals surface area contributed by atoms with Crippen molar-refractivity contribution in [1.29, 1.82) is 0 Å². The van der Waals surface area contributed by atoms with Crippen LogP contribution in [0.5, 0.6) is 17.2 Å². The van der Waals surface area contributed by atoms with E-state index in [0.29, 0.717) is 29.4 Å². The zero-order valence-electron chi connectivity index (χ0n) is 15.7. The number of ether oxygens (including phenoxy) is 3. The highest BCUT2D eigenvalue weighted by Gasteiger charge is 2.23. The molecule has 2 aromatic carbocycles. The van der Waals surface area contributed by atoms with Gasteiger partial charge in [-0.3, -0.25) is 4.79 Å². The highest BCUT2D eigenvalue weighted by Crippen LogP contribution is 2.34. The molecule has 2 aromatic rings. The summed E-state index contributed by atoms with van der Waals surface area (Å²) in [5.41, 5.74) is 1.32. The molecule has 1 N–H and O–H groups in total. The first kappa shape index (κ1) is 20.1. The van der Waals surface area contributed by atoms with Gasteiger partial charge >= 0.3 is 0 Å². The number of benzene rings is 2. The van der Waals surface area contributed by atoms with E-state index in [1.54, 1.807) is 12.1 Å². The summed E-state index contributed by atoms with van der Waals surface area (Å²) in [6.07, 6.45) is 0. The molecule has 0 aliphatic carbocycles. The third-order valence-corrected chi connectivity index (χ3v) is 4.80. The summed E-state index contributed by atoms with van der Waals surface area (Å²) in [5.74, 6) is 1.19. The minimum absolute atomic E-state index is 0.222. The van der Waals surface area contributed by atoms with Crippen molar-refractivity contribution in [3.05, 3.63) is 52.0 Å². The Kier molecular flexibility index (Phi) is 6.53. The summed E-state index contributed by atoms with van der Waals surface area (Å²) in [5, 5.41) is 2.99. The van der Waals surface area contributed by atoms with Gasteiger partial charge in [0.05, 0.1) is 26.9 Å². The molecule has 0 heterocycles. The fourth-order valence-electron chi connectivity index (χ4n) is 2.61. The predicted molar refractivity (Wildman–Crippen MR) is 106 cm³/mol. The Labute approximate surface area is 162 Å². The van der Waals surface area contributed by atoms with Crippen LogP contribution in [-0.4, -0.2) is 33.8 Å². The first-order chi connectivity index (χ1) is 12.3. The lowest BCUT2D eigenvalue weighted by Crippen LogP contribution is -2.36. The number of carbonyl (C=O) groups excluding carboxylic acids is 1. The minimum Gasteiger partial charge on any atom is -0.496 e. The average Bonchev–Trinajstić information content (AvgIpc) is 2.65. The Morgan fingerprint density at radius 2 is 1.50 bits per heavy atom. The lowest BCUT2D eigenvalue weighted by molar-refractivity contribution is 0.0942. The van der Waals surface area contributed by atoms with Crippen molar-refractivity contribution in [3.8, 4) is 17.2 Å². The van der Waals surface area contributed by atoms with E-state index in [9.17, 15) is 4.79 Å². The van der Waals surface area contributed by atoms with E-state index in [2.05, 4.69) is 35.1 Å². The van der Waals surface area contributed by atoms with Crippen LogP contribution in [0.4, 0.5) is 0 Å². The number of rotatable bonds is 7. The maximum Gasteiger partial charge on any atom is 0.255 e. The Hall–Kier alpha value is -2.21. The third kappa shape index (κ3) is 4.49. The molecule has 0 bridgehead atoms. The van der Waals surface area contributed by atoms with E-state index < -0.39 is 0 Å². The van der Waals surface area contributed by atoms with Gasteiger partial charge in [0.1, 0.15) is 5.75 Å². The summed E-state index contributed by atoms with van der Waals surface area (Å²) in [6, 6.07) is 11.4. The van der Waals surface area contributed by atoms with Gasteiger partial charge in [-0.25, -0.2) is 0 Å². The SMILES string of the molecule is COc1cc(OC)c(C(=O)NCC(C)(C)c2ccc(Br)cc2)cc1OC. The molecule has 0 radical (unpaired) electrons. The van der Waals surface area contributed by atoms with E-state index >= 15 is 0 Å². The van der Waals surface area contributed by atoms with Crippen molar-refractivity contribution >= 4 is 21.8 Å². The van der Waals surface area contributed by atoms with Gasteiger partial charge < -0.3 is 19.5 Å². The number of hydrogen-bond donors (Lipinski definition) is 1. The normalized spacial score (nSPS) is 11.0. The predicted octanol–water partition coefficient (Wildman–Crippen LogP) is 4.18. The largest absolute Gasteiger partial charge is 0.496 e. The second-order valence-electron chi connectivity index (χ2n) is 6.48. The van der Waals surface area contributed by atoms with Gasteiger partial charge in [-0.15, -0.1) is 0 Å². The van der Waals surface area contributed by atoms with E-state index in [0.717, 1.165) is 10.0 Å². The zero-order chi connectivity index (χ0) is 19.3. The summed E-state index contributed by atoms with van der Waals surface area (Å²) in [6.45, 7) is 4.65. The summed E-state index contributed by atoms with van der Waals surface area (Å²) in [7, 11) is 4.59. The second kappa shape index (κ2) is 8.45. The van der Waals surface area contributed by atoms with Crippen molar-refractivity contribution in [1.82, 2.24) is 5.32 Å². The molecule has 0 atom stereocenters. The lowest BCUT2D eigenvalue weighted by atomic mass is 9.84. The van der Waals surface area contributed by atoms with Gasteiger partial charge in [0.25, 0.3) is 5.91 Å². The van der Waals surface area contributed by atoms with E-state index in [1.807, 2.05) is 24.3 Å². The van der Waals surface area contributed by atoms with Gasteiger partial charge in [-0.05, 0) is 17.7 Å². The molecule has 0 fully saturated rings. The molecule has 2 rings (SSSR count). The van der Waals surface area contributed by atoms with Gasteiger partial charge in [0.15, 0.2) is 11.5 Å². The van der Waals surface area contributed by atoms with Gasteiger partial charge in [0, 0.05) is 28.6 Å².